The van der Waals surface area contributed by atoms with Crippen molar-refractivity contribution < 1.29 is 4.42 Å². The lowest BCUT2D eigenvalue weighted by atomic mass is 9.33. The lowest BCUT2D eigenvalue weighted by molar-refractivity contribution is 0.669. The smallest absolute Gasteiger partial charge is 0.264 e. The molecule has 0 radical (unpaired) electrons. The Morgan fingerprint density at radius 3 is 1.19 bits per heavy atom. The van der Waals surface area contributed by atoms with Gasteiger partial charge in [-0.05, 0) is 118 Å². The maximum absolute atomic E-state index is 7.23. The summed E-state index contributed by atoms with van der Waals surface area (Å²) in [5.74, 6) is 0. The first-order chi connectivity index (χ1) is 35.7. The Morgan fingerprint density at radius 2 is 0.694 bits per heavy atom. The van der Waals surface area contributed by atoms with Gasteiger partial charge in [-0.2, -0.15) is 0 Å². The lowest BCUT2D eigenvalue weighted by Crippen LogP contribution is -2.61. The summed E-state index contributed by atoms with van der Waals surface area (Å²) in [4.78, 5) is 11.1. The maximum atomic E-state index is 7.23. The van der Waals surface area contributed by atoms with Gasteiger partial charge in [-0.1, -0.05) is 146 Å². The molecule has 16 rings (SSSR count). The van der Waals surface area contributed by atoms with E-state index in [-0.39, 0.29) is 13.4 Å². The number of benzene rings is 10. The molecule has 0 amide bonds. The van der Waals surface area contributed by atoms with Gasteiger partial charge >= 0.3 is 0 Å². The number of hydrogen-bond donors (Lipinski definition) is 0. The summed E-state index contributed by atoms with van der Waals surface area (Å²) < 4.78 is 8.56. The minimum atomic E-state index is -0.0345. The fourth-order valence-corrected chi connectivity index (χ4v) is 13.8. The number of para-hydroxylation sites is 5. The zero-order valence-corrected chi connectivity index (χ0v) is 39.7. The lowest BCUT2D eigenvalue weighted by Gasteiger charge is -2.44. The average Bonchev–Trinajstić information content (AvgIpc) is 4.04. The van der Waals surface area contributed by atoms with Crippen LogP contribution >= 0.6 is 11.3 Å². The van der Waals surface area contributed by atoms with Crippen LogP contribution in [0.3, 0.4) is 0 Å². The molecule has 6 heterocycles. The molecule has 5 nitrogen and oxygen atoms in total. The van der Waals surface area contributed by atoms with Gasteiger partial charge < -0.3 is 24.0 Å². The SMILES string of the molecule is c1ccc(-c2cc3c(s2)B2c4cc5c(cc4N(c4ccccc4)c4cccc(c42)N3c2ccccc2)oc2cc3c(cc25)B2c4ccccc4N(c4ccccc4)c4cccc(c42)N3c2ccccc2)cc1. The Kier molecular flexibility index (Phi) is 8.44. The fraction of sp³-hybridized carbons (Fsp3) is 0. The van der Waals surface area contributed by atoms with Crippen molar-refractivity contribution in [3.8, 4) is 10.4 Å². The van der Waals surface area contributed by atoms with Gasteiger partial charge in [0.25, 0.3) is 13.4 Å². The Hall–Kier alpha value is -8.97. The van der Waals surface area contributed by atoms with Crippen LogP contribution in [0.15, 0.2) is 247 Å². The van der Waals surface area contributed by atoms with E-state index in [0.29, 0.717) is 0 Å². The molecule has 0 aliphatic carbocycles. The fourth-order valence-electron chi connectivity index (χ4n) is 12.5. The van der Waals surface area contributed by atoms with E-state index in [4.69, 9.17) is 4.42 Å². The summed E-state index contributed by atoms with van der Waals surface area (Å²) in [6.07, 6.45) is 0. The van der Waals surface area contributed by atoms with Crippen LogP contribution in [-0.4, -0.2) is 13.4 Å². The van der Waals surface area contributed by atoms with Crippen LogP contribution in [0.1, 0.15) is 0 Å². The van der Waals surface area contributed by atoms with Crippen molar-refractivity contribution in [1.82, 2.24) is 0 Å². The minimum Gasteiger partial charge on any atom is -0.456 e. The number of nitrogens with zero attached hydrogens (tertiary/aromatic N) is 4. The van der Waals surface area contributed by atoms with Crippen LogP contribution in [0.5, 0.6) is 0 Å². The van der Waals surface area contributed by atoms with Crippen LogP contribution in [0.2, 0.25) is 0 Å². The van der Waals surface area contributed by atoms with E-state index >= 15 is 0 Å². The van der Waals surface area contributed by atoms with Gasteiger partial charge in [0, 0.05) is 95.1 Å². The first kappa shape index (κ1) is 39.8. The van der Waals surface area contributed by atoms with Crippen molar-refractivity contribution in [2.75, 3.05) is 19.6 Å². The topological polar surface area (TPSA) is 26.1 Å². The van der Waals surface area contributed by atoms with Crippen LogP contribution in [-0.2, 0) is 0 Å². The van der Waals surface area contributed by atoms with Gasteiger partial charge in [-0.3, -0.25) is 0 Å². The molecule has 0 unspecified atom stereocenters. The van der Waals surface area contributed by atoms with E-state index in [2.05, 4.69) is 262 Å². The number of fused-ring (bicyclic) bond motifs is 11. The zero-order valence-electron chi connectivity index (χ0n) is 38.9. The minimum absolute atomic E-state index is 0.0234. The summed E-state index contributed by atoms with van der Waals surface area (Å²) >= 11 is 1.92. The highest BCUT2D eigenvalue weighted by Crippen LogP contribution is 2.49. The van der Waals surface area contributed by atoms with Gasteiger partial charge in [0.2, 0.25) is 0 Å². The van der Waals surface area contributed by atoms with E-state index in [9.17, 15) is 0 Å². The molecule has 12 aromatic rings. The molecule has 0 fully saturated rings. The molecule has 72 heavy (non-hydrogen) atoms. The van der Waals surface area contributed by atoms with Gasteiger partial charge in [0.15, 0.2) is 0 Å². The number of thiophene rings is 1. The number of anilines is 12. The maximum Gasteiger partial charge on any atom is 0.264 e. The first-order valence-corrected chi connectivity index (χ1v) is 25.6. The third kappa shape index (κ3) is 5.61. The molecule has 0 saturated carbocycles. The van der Waals surface area contributed by atoms with Gasteiger partial charge in [-0.15, -0.1) is 11.3 Å². The van der Waals surface area contributed by atoms with Gasteiger partial charge in [-0.25, -0.2) is 0 Å². The van der Waals surface area contributed by atoms with Crippen molar-refractivity contribution in [3.05, 3.63) is 243 Å². The third-order valence-corrected chi connectivity index (χ3v) is 16.6. The summed E-state index contributed by atoms with van der Waals surface area (Å²) in [6, 6.07) is 88.9. The molecular weight excluding hydrogens is 894 g/mol. The molecule has 2 aromatic heterocycles. The quantitative estimate of drug-likeness (QED) is 0.160. The molecule has 4 aliphatic rings. The Balaban J connectivity index is 0.974. The van der Waals surface area contributed by atoms with Crippen molar-refractivity contribution >= 4 is 147 Å². The summed E-state index contributed by atoms with van der Waals surface area (Å²) in [5.41, 5.74) is 23.3. The largest absolute Gasteiger partial charge is 0.456 e. The Bertz CT molecular complexity index is 4150. The van der Waals surface area contributed by atoms with Crippen LogP contribution in [0.25, 0.3) is 32.4 Å². The standard InChI is InChI=1S/C64H40B2N4OS/c1-6-20-41(21-7-1)61-40-58-64(72-61)66-50-37-47-46-36-49-56(68(43-24-10-3-11-25-43)53-33-18-32-52-62(53)65(49)48-30-16-17-31-51(48)67(52)42-22-8-2-9-23-42)38-59(46)71-60(47)39-57(50)69(44-26-12-4-13-27-44)54-34-19-35-55(63(54)66)70(58)45-28-14-5-15-29-45/h1-40H. The second-order valence-corrected chi connectivity index (χ2v) is 20.3. The van der Waals surface area contributed by atoms with Crippen molar-refractivity contribution in [1.29, 1.82) is 0 Å². The molecule has 0 saturated heterocycles. The summed E-state index contributed by atoms with van der Waals surface area (Å²) in [6.45, 7) is -0.0579. The number of hydrogen-bond acceptors (Lipinski definition) is 6. The number of furan rings is 1. The second-order valence-electron chi connectivity index (χ2n) is 19.2. The summed E-state index contributed by atoms with van der Waals surface area (Å²) in [7, 11) is 0. The average molecular weight is 935 g/mol. The molecule has 0 bridgehead atoms. The van der Waals surface area contributed by atoms with E-state index < -0.39 is 0 Å². The van der Waals surface area contributed by atoms with Crippen LogP contribution in [0, 0.1) is 0 Å². The normalized spacial score (nSPS) is 13.7. The highest BCUT2D eigenvalue weighted by atomic mass is 32.1. The van der Waals surface area contributed by atoms with E-state index in [0.717, 1.165) is 56.1 Å². The van der Waals surface area contributed by atoms with Crippen molar-refractivity contribution in [2.45, 2.75) is 0 Å². The molecular formula is C64H40B2N4OS. The van der Waals surface area contributed by atoms with Gasteiger partial charge in [0.1, 0.15) is 11.2 Å². The van der Waals surface area contributed by atoms with Gasteiger partial charge in [0.05, 0.1) is 5.69 Å². The summed E-state index contributed by atoms with van der Waals surface area (Å²) in [5, 5.41) is 2.24. The molecule has 10 aromatic carbocycles. The Labute approximate surface area is 421 Å². The van der Waals surface area contributed by atoms with Crippen molar-refractivity contribution in [3.63, 3.8) is 0 Å². The molecule has 334 valence electrons. The van der Waals surface area contributed by atoms with Crippen LogP contribution < -0.4 is 51.7 Å². The first-order valence-electron chi connectivity index (χ1n) is 24.7. The molecule has 0 spiro atoms. The van der Waals surface area contributed by atoms with E-state index in [1.165, 1.54) is 76.7 Å². The highest BCUT2D eigenvalue weighted by Gasteiger charge is 2.46. The Morgan fingerprint density at radius 1 is 0.306 bits per heavy atom. The number of rotatable bonds is 5. The predicted molar refractivity (Wildman–Crippen MR) is 305 cm³/mol. The molecule has 0 N–H and O–H groups in total. The zero-order chi connectivity index (χ0) is 47.0. The van der Waals surface area contributed by atoms with Crippen molar-refractivity contribution in [2.24, 2.45) is 0 Å². The van der Waals surface area contributed by atoms with E-state index in [1.807, 2.05) is 11.3 Å². The highest BCUT2D eigenvalue weighted by molar-refractivity contribution is 7.31. The predicted octanol–water partition coefficient (Wildman–Crippen LogP) is 13.5. The monoisotopic (exact) mass is 934 g/mol. The molecule has 0 atom stereocenters. The van der Waals surface area contributed by atoms with E-state index in [1.54, 1.807) is 0 Å². The third-order valence-electron chi connectivity index (χ3n) is 15.4. The molecule has 4 aliphatic heterocycles. The molecule has 8 heteroatoms. The second kappa shape index (κ2) is 15.3. The van der Waals surface area contributed by atoms with Crippen LogP contribution in [0.4, 0.5) is 68.2 Å².